The quantitative estimate of drug-likeness (QED) is 0.0351. The fraction of sp³-hybridized carbons (Fsp3) is 0.312. The Kier molecular flexibility index (Phi) is 22.3. The van der Waals surface area contributed by atoms with Crippen molar-refractivity contribution in [2.75, 3.05) is 0 Å². The number of nitrogens with zero attached hydrogens (tertiary/aromatic N) is 8. The number of hydrogen-bond acceptors (Lipinski definition) is 8. The lowest BCUT2D eigenvalue weighted by Gasteiger charge is -2.34. The second-order valence-electron chi connectivity index (χ2n) is 32.9. The number of aliphatic carboxylic acids is 4. The van der Waals surface area contributed by atoms with Crippen LogP contribution in [0.2, 0.25) is 0 Å². The Labute approximate surface area is 672 Å². The van der Waals surface area contributed by atoms with E-state index in [4.69, 9.17) is 0 Å². The van der Waals surface area contributed by atoms with Crippen molar-refractivity contribution in [1.82, 2.24) is 59.1 Å². The smallest absolute Gasteiger partial charge is 0.306 e. The molecule has 8 aromatic carbocycles. The van der Waals surface area contributed by atoms with E-state index in [1.54, 1.807) is 91.5 Å². The van der Waals surface area contributed by atoms with Crippen molar-refractivity contribution in [3.05, 3.63) is 237 Å². The summed E-state index contributed by atoms with van der Waals surface area (Å²) in [5.41, 5.74) is 22.1. The fourth-order valence-electron chi connectivity index (χ4n) is 17.1. The van der Waals surface area contributed by atoms with Crippen LogP contribution < -0.4 is 0 Å². The predicted molar refractivity (Wildman–Crippen MR) is 451 cm³/mol. The second kappa shape index (κ2) is 32.2. The highest BCUT2D eigenvalue weighted by atomic mass is 19.1. The number of nitrogens with one attached hydrogen (secondary N) is 4. The Balaban J connectivity index is 0.000000128. The first-order chi connectivity index (χ1) is 55.7. The number of hydrogen-bond donors (Lipinski definition) is 8. The molecule has 20 nitrogen and oxygen atoms in total. The number of benzene rings is 8. The molecule has 0 spiro atoms. The zero-order valence-corrected chi connectivity index (χ0v) is 68.1. The summed E-state index contributed by atoms with van der Waals surface area (Å²) in [7, 11) is 0. The number of carbonyl (C=O) groups is 4. The minimum atomic E-state index is -0.819. The van der Waals surface area contributed by atoms with Gasteiger partial charge in [0.2, 0.25) is 0 Å². The molecular weight excluding hydrogens is 1490 g/mol. The summed E-state index contributed by atoms with van der Waals surface area (Å²) in [6, 6.07) is 37.1. The van der Waals surface area contributed by atoms with Gasteiger partial charge in [-0.3, -0.25) is 39.6 Å². The maximum absolute atomic E-state index is 14.0. The van der Waals surface area contributed by atoms with Gasteiger partial charge in [0, 0.05) is 88.6 Å². The minimum absolute atomic E-state index is 0.153. The standard InChI is InChI=1S/C24H24FN3O2.3C23H24FN3O2/c1-12(2)23-22(14-7-15(8-14)24(29)30)18-10-20-16(11-26-27-20)9-21(18)28(23)17-4-5-19(25)13(3)6-17;3*1-12(2)22-18(8-14(4)23(28)29)17-10-20-15(11-25-26-20)9-21(17)27(22)16-5-6-19(24)13(3)7-16/h4-6,9-12,14-15H,7-8H2,1-3H3,(H,26,27)(H,29,30);3*5-7,9-12,14H,8H2,1-4H3,(H,25,26)(H,28,29). The van der Waals surface area contributed by atoms with Crippen LogP contribution in [0.15, 0.2) is 146 Å². The molecular formula is C93H96F4N12O8. The van der Waals surface area contributed by atoms with E-state index in [1.807, 2.05) is 48.5 Å². The molecule has 17 rings (SSSR count). The molecule has 3 unspecified atom stereocenters. The normalized spacial score (nSPS) is 14.5. The van der Waals surface area contributed by atoms with Crippen LogP contribution in [0.1, 0.15) is 186 Å². The maximum Gasteiger partial charge on any atom is 0.306 e. The highest BCUT2D eigenvalue weighted by Gasteiger charge is 2.40. The maximum atomic E-state index is 14.0. The van der Waals surface area contributed by atoms with Crippen LogP contribution in [0.3, 0.4) is 0 Å². The van der Waals surface area contributed by atoms with Crippen molar-refractivity contribution in [1.29, 1.82) is 0 Å². The van der Waals surface area contributed by atoms with Crippen molar-refractivity contribution in [3.8, 4) is 22.7 Å². The van der Waals surface area contributed by atoms with Crippen molar-refractivity contribution >= 4 is 111 Å². The lowest BCUT2D eigenvalue weighted by molar-refractivity contribution is -0.145. The number of halogens is 4. The average molecular weight is 1590 g/mol. The molecule has 1 fully saturated rings. The average Bonchev–Trinajstić information content (AvgIpc) is 1.56. The molecule has 8 heterocycles. The summed E-state index contributed by atoms with van der Waals surface area (Å²) < 4.78 is 64.4. The molecule has 1 aliphatic carbocycles. The van der Waals surface area contributed by atoms with E-state index in [1.165, 1.54) is 35.5 Å². The van der Waals surface area contributed by atoms with Gasteiger partial charge in [-0.1, -0.05) is 76.2 Å². The third kappa shape index (κ3) is 15.3. The molecule has 0 saturated heterocycles. The first-order valence-electron chi connectivity index (χ1n) is 39.7. The topological polar surface area (TPSA) is 284 Å². The molecule has 24 heteroatoms. The fourth-order valence-corrected chi connectivity index (χ4v) is 17.1. The van der Waals surface area contributed by atoms with Gasteiger partial charge in [0.25, 0.3) is 0 Å². The summed E-state index contributed by atoms with van der Waals surface area (Å²) in [6.07, 6.45) is 9.70. The van der Waals surface area contributed by atoms with Gasteiger partial charge in [-0.2, -0.15) is 20.4 Å². The molecule has 0 bridgehead atoms. The highest BCUT2D eigenvalue weighted by Crippen LogP contribution is 2.50. The third-order valence-corrected chi connectivity index (χ3v) is 23.1. The number of fused-ring (bicyclic) bond motifs is 8. The van der Waals surface area contributed by atoms with E-state index in [9.17, 15) is 57.2 Å². The van der Waals surface area contributed by atoms with Gasteiger partial charge in [-0.25, -0.2) is 17.6 Å². The summed E-state index contributed by atoms with van der Waals surface area (Å²) in [6.45, 7) is 29.1. The lowest BCUT2D eigenvalue weighted by Crippen LogP contribution is -2.29. The number of carboxylic acids is 4. The Morgan fingerprint density at radius 3 is 0.855 bits per heavy atom. The Hall–Kier alpha value is -12.6. The summed E-state index contributed by atoms with van der Waals surface area (Å²) in [4.78, 5) is 46.2. The summed E-state index contributed by atoms with van der Waals surface area (Å²) in [5, 5.41) is 74.6. The molecule has 16 aromatic rings. The van der Waals surface area contributed by atoms with Crippen LogP contribution in [0, 0.1) is 74.6 Å². The molecule has 0 aliphatic heterocycles. The summed E-state index contributed by atoms with van der Waals surface area (Å²) in [5.74, 6) is -5.06. The number of aromatic amines is 4. The van der Waals surface area contributed by atoms with E-state index >= 15 is 0 Å². The van der Waals surface area contributed by atoms with Gasteiger partial charge in [0.05, 0.1) is 92.6 Å². The second-order valence-corrected chi connectivity index (χ2v) is 32.9. The molecule has 0 amide bonds. The molecule has 3 atom stereocenters. The lowest BCUT2D eigenvalue weighted by atomic mass is 9.70. The van der Waals surface area contributed by atoms with Crippen LogP contribution >= 0.6 is 0 Å². The highest BCUT2D eigenvalue weighted by molar-refractivity contribution is 6.03. The zero-order chi connectivity index (χ0) is 83.8. The van der Waals surface area contributed by atoms with Gasteiger partial charge < -0.3 is 38.7 Å². The van der Waals surface area contributed by atoms with Crippen LogP contribution in [-0.2, 0) is 38.4 Å². The molecule has 1 aliphatic rings. The van der Waals surface area contributed by atoms with Gasteiger partial charge in [0.1, 0.15) is 23.3 Å². The van der Waals surface area contributed by atoms with E-state index in [0.29, 0.717) is 54.4 Å². The van der Waals surface area contributed by atoms with Gasteiger partial charge in [-0.05, 0) is 255 Å². The Morgan fingerprint density at radius 2 is 0.615 bits per heavy atom. The Morgan fingerprint density at radius 1 is 0.368 bits per heavy atom. The first-order valence-corrected chi connectivity index (χ1v) is 39.7. The number of aromatic nitrogens is 12. The van der Waals surface area contributed by atoms with E-state index in [2.05, 4.69) is 145 Å². The summed E-state index contributed by atoms with van der Waals surface area (Å²) >= 11 is 0. The van der Waals surface area contributed by atoms with Crippen molar-refractivity contribution < 1.29 is 57.2 Å². The third-order valence-electron chi connectivity index (χ3n) is 23.1. The number of carboxylic acid groups (broad SMARTS) is 4. The largest absolute Gasteiger partial charge is 0.481 e. The van der Waals surface area contributed by atoms with Crippen molar-refractivity contribution in [3.63, 3.8) is 0 Å². The molecule has 604 valence electrons. The first kappa shape index (κ1) is 81.0. The number of rotatable bonds is 19. The molecule has 8 aromatic heterocycles. The molecule has 8 N–H and O–H groups in total. The van der Waals surface area contributed by atoms with E-state index < -0.39 is 41.6 Å². The van der Waals surface area contributed by atoms with Crippen LogP contribution in [0.4, 0.5) is 17.6 Å². The Bertz CT molecular complexity index is 6110. The van der Waals surface area contributed by atoms with Crippen LogP contribution in [-0.4, -0.2) is 103 Å². The van der Waals surface area contributed by atoms with Crippen molar-refractivity contribution in [2.24, 2.45) is 23.7 Å². The SMILES string of the molecule is Cc1cc(-n2c(C(C)C)c(C3CC(C(=O)O)C3)c3cc4[nH]ncc4cc32)ccc1F.Cc1cc(-n2c(C(C)C)c(CC(C)C(=O)O)c3cc4[nH]ncc4cc32)ccc1F.Cc1cc(-n2c(C(C)C)c(CC(C)C(=O)O)c3cc4[nH]ncc4cc32)ccc1F.Cc1cc(-n2c(C(C)C)c(CC(C)C(=O)O)c3cc4[nH]ncc4cc32)ccc1F. The minimum Gasteiger partial charge on any atom is -0.481 e. The van der Waals surface area contributed by atoms with E-state index in [0.717, 1.165) is 144 Å². The molecule has 0 radical (unpaired) electrons. The monoisotopic (exact) mass is 1580 g/mol. The number of aryl methyl sites for hydroxylation is 4. The van der Waals surface area contributed by atoms with Gasteiger partial charge in [-0.15, -0.1) is 0 Å². The number of H-pyrrole nitrogens is 4. The van der Waals surface area contributed by atoms with Gasteiger partial charge in [0.15, 0.2) is 0 Å². The zero-order valence-electron chi connectivity index (χ0n) is 68.1. The molecule has 1 saturated carbocycles. The van der Waals surface area contributed by atoms with Crippen molar-refractivity contribution in [2.45, 2.75) is 166 Å². The predicted octanol–water partition coefficient (Wildman–Crippen LogP) is 21.7. The van der Waals surface area contributed by atoms with Crippen LogP contribution in [0.5, 0.6) is 0 Å². The van der Waals surface area contributed by atoms with Crippen LogP contribution in [0.25, 0.3) is 110 Å². The van der Waals surface area contributed by atoms with Gasteiger partial charge >= 0.3 is 23.9 Å². The molecule has 117 heavy (non-hydrogen) atoms. The van der Waals surface area contributed by atoms with E-state index in [-0.39, 0.29) is 58.8 Å².